The third-order valence-electron chi connectivity index (χ3n) is 2.37. The molecule has 15 heavy (non-hydrogen) atoms. The minimum atomic E-state index is -1.09. The van der Waals surface area contributed by atoms with Crippen LogP contribution in [0.1, 0.15) is 15.9 Å². The van der Waals surface area contributed by atoms with Crippen molar-refractivity contribution in [3.05, 3.63) is 45.9 Å². The molecule has 0 aliphatic rings. The molecule has 0 bridgehead atoms. The van der Waals surface area contributed by atoms with E-state index in [1.165, 1.54) is 6.07 Å². The van der Waals surface area contributed by atoms with Crippen LogP contribution in [-0.4, -0.2) is 16.1 Å². The van der Waals surface area contributed by atoms with E-state index in [1.54, 1.807) is 18.3 Å². The van der Waals surface area contributed by atoms with Gasteiger partial charge in [0.25, 0.3) is 5.56 Å². The number of carboxylic acids is 1. The number of rotatable bonds is 1. The van der Waals surface area contributed by atoms with Crippen molar-refractivity contribution in [1.29, 1.82) is 0 Å². The summed E-state index contributed by atoms with van der Waals surface area (Å²) < 4.78 is 0. The first-order chi connectivity index (χ1) is 7.11. The molecule has 0 unspecified atom stereocenters. The molecule has 0 atom stereocenters. The molecule has 0 saturated carbocycles. The van der Waals surface area contributed by atoms with Crippen molar-refractivity contribution in [1.82, 2.24) is 4.98 Å². The quantitative estimate of drug-likeness (QED) is 0.738. The van der Waals surface area contributed by atoms with Crippen LogP contribution >= 0.6 is 0 Å². The van der Waals surface area contributed by atoms with Crippen molar-refractivity contribution < 1.29 is 9.90 Å². The second-order valence-electron chi connectivity index (χ2n) is 3.33. The average Bonchev–Trinajstić information content (AvgIpc) is 2.23. The van der Waals surface area contributed by atoms with Crippen LogP contribution in [0, 0.1) is 6.92 Å². The van der Waals surface area contributed by atoms with Crippen molar-refractivity contribution in [2.45, 2.75) is 6.92 Å². The highest BCUT2D eigenvalue weighted by Gasteiger charge is 2.11. The Morgan fingerprint density at radius 1 is 1.40 bits per heavy atom. The van der Waals surface area contributed by atoms with Gasteiger partial charge in [-0.3, -0.25) is 4.79 Å². The summed E-state index contributed by atoms with van der Waals surface area (Å²) in [7, 11) is 0. The van der Waals surface area contributed by atoms with Gasteiger partial charge in [0.1, 0.15) is 0 Å². The van der Waals surface area contributed by atoms with Gasteiger partial charge in [-0.15, -0.1) is 0 Å². The van der Waals surface area contributed by atoms with Gasteiger partial charge in [0.05, 0.1) is 10.9 Å². The summed E-state index contributed by atoms with van der Waals surface area (Å²) in [6, 6.07) is 4.81. The minimum absolute atomic E-state index is 0.0393. The van der Waals surface area contributed by atoms with Crippen molar-refractivity contribution in [3.8, 4) is 0 Å². The summed E-state index contributed by atoms with van der Waals surface area (Å²) in [5, 5.41) is 9.87. The second kappa shape index (κ2) is 3.24. The van der Waals surface area contributed by atoms with E-state index in [2.05, 4.69) is 4.98 Å². The molecule has 2 N–H and O–H groups in total. The first-order valence-corrected chi connectivity index (χ1v) is 4.45. The number of carbonyl (C=O) groups is 1. The molecule has 1 aromatic carbocycles. The van der Waals surface area contributed by atoms with Gasteiger partial charge in [0.2, 0.25) is 0 Å². The third kappa shape index (κ3) is 1.40. The van der Waals surface area contributed by atoms with E-state index in [1.807, 2.05) is 6.92 Å². The molecular weight excluding hydrogens is 194 g/mol. The molecule has 0 saturated heterocycles. The number of H-pyrrole nitrogens is 1. The van der Waals surface area contributed by atoms with Crippen LogP contribution in [0.25, 0.3) is 10.8 Å². The van der Waals surface area contributed by atoms with Gasteiger partial charge in [-0.2, -0.15) is 0 Å². The van der Waals surface area contributed by atoms with E-state index in [0.29, 0.717) is 5.39 Å². The number of fused-ring (bicyclic) bond motifs is 1. The van der Waals surface area contributed by atoms with E-state index in [9.17, 15) is 9.59 Å². The molecule has 0 radical (unpaired) electrons. The van der Waals surface area contributed by atoms with Crippen molar-refractivity contribution in [2.24, 2.45) is 0 Å². The minimum Gasteiger partial charge on any atom is -0.478 e. The van der Waals surface area contributed by atoms with E-state index in [0.717, 1.165) is 5.56 Å². The van der Waals surface area contributed by atoms with E-state index >= 15 is 0 Å². The van der Waals surface area contributed by atoms with Crippen molar-refractivity contribution in [3.63, 3.8) is 0 Å². The van der Waals surface area contributed by atoms with Gasteiger partial charge >= 0.3 is 5.97 Å². The Kier molecular flexibility index (Phi) is 2.04. The van der Waals surface area contributed by atoms with E-state index in [4.69, 9.17) is 5.11 Å². The van der Waals surface area contributed by atoms with Crippen LogP contribution in [0.4, 0.5) is 0 Å². The van der Waals surface area contributed by atoms with Crippen molar-refractivity contribution >= 4 is 16.7 Å². The predicted octanol–water partition coefficient (Wildman–Crippen LogP) is 1.53. The highest BCUT2D eigenvalue weighted by atomic mass is 16.4. The van der Waals surface area contributed by atoms with Gasteiger partial charge < -0.3 is 10.1 Å². The highest BCUT2D eigenvalue weighted by molar-refractivity contribution is 6.03. The predicted molar refractivity (Wildman–Crippen MR) is 56.3 cm³/mol. The fourth-order valence-electron chi connectivity index (χ4n) is 1.63. The molecule has 4 heteroatoms. The van der Waals surface area contributed by atoms with Gasteiger partial charge in [0.15, 0.2) is 0 Å². The number of pyridine rings is 1. The number of hydrogen-bond donors (Lipinski definition) is 2. The lowest BCUT2D eigenvalue weighted by atomic mass is 10.0. The van der Waals surface area contributed by atoms with Gasteiger partial charge in [-0.1, -0.05) is 12.1 Å². The van der Waals surface area contributed by atoms with Crippen LogP contribution in [0.15, 0.2) is 29.2 Å². The molecule has 0 spiro atoms. The normalized spacial score (nSPS) is 10.5. The summed E-state index contributed by atoms with van der Waals surface area (Å²) >= 11 is 0. The van der Waals surface area contributed by atoms with Crippen LogP contribution in [0.5, 0.6) is 0 Å². The maximum Gasteiger partial charge on any atom is 0.336 e. The van der Waals surface area contributed by atoms with Crippen molar-refractivity contribution in [2.75, 3.05) is 0 Å². The molecule has 0 amide bonds. The highest BCUT2D eigenvalue weighted by Crippen LogP contribution is 2.17. The number of aromatic amines is 1. The lowest BCUT2D eigenvalue weighted by Crippen LogP contribution is -2.11. The van der Waals surface area contributed by atoms with Gasteiger partial charge in [-0.05, 0) is 23.9 Å². The smallest absolute Gasteiger partial charge is 0.336 e. The second-order valence-corrected chi connectivity index (χ2v) is 3.33. The van der Waals surface area contributed by atoms with Crippen LogP contribution in [0.2, 0.25) is 0 Å². The van der Waals surface area contributed by atoms with E-state index < -0.39 is 5.97 Å². The first-order valence-electron chi connectivity index (χ1n) is 4.45. The number of nitrogens with one attached hydrogen (secondary N) is 1. The fraction of sp³-hybridized carbons (Fsp3) is 0.0909. The first kappa shape index (κ1) is 9.45. The topological polar surface area (TPSA) is 70.2 Å². The fourth-order valence-corrected chi connectivity index (χ4v) is 1.63. The Bertz CT molecular complexity index is 598. The van der Waals surface area contributed by atoms with Gasteiger partial charge in [0, 0.05) is 6.20 Å². The monoisotopic (exact) mass is 203 g/mol. The number of hydrogen-bond acceptors (Lipinski definition) is 2. The Balaban J connectivity index is 3.03. The summed E-state index contributed by atoms with van der Waals surface area (Å²) in [5.41, 5.74) is 0.527. The zero-order valence-electron chi connectivity index (χ0n) is 8.07. The molecule has 2 rings (SSSR count). The molecule has 76 valence electrons. The third-order valence-corrected chi connectivity index (χ3v) is 2.37. The molecule has 4 nitrogen and oxygen atoms in total. The lowest BCUT2D eigenvalue weighted by Gasteiger charge is -2.03. The van der Waals surface area contributed by atoms with Crippen LogP contribution in [0.3, 0.4) is 0 Å². The number of aromatic nitrogens is 1. The lowest BCUT2D eigenvalue weighted by molar-refractivity contribution is 0.0699. The molecule has 1 heterocycles. The standard InChI is InChI=1S/C11H9NO3/c1-6-5-12-10(13)9-7(6)3-2-4-8(9)11(14)15/h2-5H,1H3,(H,12,13)(H,14,15). The van der Waals surface area contributed by atoms with Crippen LogP contribution < -0.4 is 5.56 Å². The SMILES string of the molecule is Cc1c[nH]c(=O)c2c(C(=O)O)cccc12. The summed E-state index contributed by atoms with van der Waals surface area (Å²) in [6.07, 6.45) is 1.58. The summed E-state index contributed by atoms with van der Waals surface area (Å²) in [5.74, 6) is -1.09. The Hall–Kier alpha value is -2.10. The zero-order chi connectivity index (χ0) is 11.0. The zero-order valence-corrected chi connectivity index (χ0v) is 8.07. The molecule has 2 aromatic rings. The molecule has 0 fully saturated rings. The summed E-state index contributed by atoms with van der Waals surface area (Å²) in [6.45, 7) is 1.82. The Morgan fingerprint density at radius 2 is 2.13 bits per heavy atom. The maximum absolute atomic E-state index is 11.5. The molecular formula is C11H9NO3. The molecule has 1 aromatic heterocycles. The molecule has 0 aliphatic heterocycles. The Labute approximate surface area is 85.2 Å². The number of aryl methyl sites for hydroxylation is 1. The van der Waals surface area contributed by atoms with Crippen LogP contribution in [-0.2, 0) is 0 Å². The summed E-state index contributed by atoms with van der Waals surface area (Å²) in [4.78, 5) is 25.0. The van der Waals surface area contributed by atoms with E-state index in [-0.39, 0.29) is 16.5 Å². The number of benzene rings is 1. The molecule has 0 aliphatic carbocycles. The number of carboxylic acid groups (broad SMARTS) is 1. The maximum atomic E-state index is 11.5. The largest absolute Gasteiger partial charge is 0.478 e. The number of aromatic carboxylic acids is 1. The van der Waals surface area contributed by atoms with Gasteiger partial charge in [-0.25, -0.2) is 4.79 Å². The Morgan fingerprint density at radius 3 is 2.80 bits per heavy atom. The average molecular weight is 203 g/mol.